The summed E-state index contributed by atoms with van der Waals surface area (Å²) < 4.78 is 0. The zero-order chi connectivity index (χ0) is 5.98. The van der Waals surface area contributed by atoms with Gasteiger partial charge in [0.05, 0.1) is 0 Å². The molecule has 0 aromatic carbocycles. The third kappa shape index (κ3) is 0.443. The lowest BCUT2D eigenvalue weighted by atomic mass is 10.00. The van der Waals surface area contributed by atoms with Crippen LogP contribution in [-0.2, 0) is 0 Å². The fourth-order valence-corrected chi connectivity index (χ4v) is 0.502. The molecule has 1 aliphatic carbocycles. The molecule has 0 N–H and O–H groups in total. The summed E-state index contributed by atoms with van der Waals surface area (Å²) in [5.74, 6) is 4.91. The summed E-state index contributed by atoms with van der Waals surface area (Å²) in [6.07, 6.45) is 13.7. The van der Waals surface area contributed by atoms with E-state index in [4.69, 9.17) is 12.8 Å². The van der Waals surface area contributed by atoms with Gasteiger partial charge in [-0.2, -0.15) is 0 Å². The molecular weight excluding hydrogens is 96.1 g/mol. The highest BCUT2D eigenvalue weighted by atomic mass is 14.0. The van der Waals surface area contributed by atoms with Crippen LogP contribution in [0.4, 0.5) is 0 Å². The van der Waals surface area contributed by atoms with E-state index in [-0.39, 0.29) is 0 Å². The van der Waals surface area contributed by atoms with Crippen LogP contribution in [-0.4, -0.2) is 0 Å². The predicted octanol–water partition coefficient (Wildman–Crippen LogP) is 1.12. The first kappa shape index (κ1) is 4.75. The van der Waals surface area contributed by atoms with Crippen LogP contribution in [0.25, 0.3) is 0 Å². The van der Waals surface area contributed by atoms with Crippen LogP contribution in [0.1, 0.15) is 0 Å². The van der Waals surface area contributed by atoms with Gasteiger partial charge in [-0.05, 0) is 12.2 Å². The number of hydrogen-bond acceptors (Lipinski definition) is 0. The molecule has 0 aromatic rings. The molecule has 0 saturated heterocycles. The van der Waals surface area contributed by atoms with Crippen molar-refractivity contribution in [3.05, 3.63) is 23.3 Å². The third-order valence-corrected chi connectivity index (χ3v) is 1.02. The molecule has 0 spiro atoms. The Morgan fingerprint density at radius 1 is 1.00 bits per heavy atom. The smallest absolute Gasteiger partial charge is 0.0399 e. The van der Waals surface area contributed by atoms with Gasteiger partial charge in [0.15, 0.2) is 0 Å². The van der Waals surface area contributed by atoms with Crippen LogP contribution < -0.4 is 0 Å². The molecule has 0 saturated carbocycles. The molecule has 0 radical (unpaired) electrons. The molecule has 0 amide bonds. The Morgan fingerprint density at radius 3 is 1.50 bits per heavy atom. The maximum Gasteiger partial charge on any atom is 0.0399 e. The standard InChI is InChI=1S/C8H4/c1-3-7-5-6-8(7)4-2/h1-2,5-6H. The van der Waals surface area contributed by atoms with Crippen LogP contribution in [0, 0.1) is 24.7 Å². The number of terminal acetylenes is 2. The summed E-state index contributed by atoms with van der Waals surface area (Å²) in [7, 11) is 0. The van der Waals surface area contributed by atoms with Crippen molar-refractivity contribution in [3.63, 3.8) is 0 Å². The first-order valence-corrected chi connectivity index (χ1v) is 2.24. The fourth-order valence-electron chi connectivity index (χ4n) is 0.502. The van der Waals surface area contributed by atoms with Crippen LogP contribution >= 0.6 is 0 Å². The quantitative estimate of drug-likeness (QED) is 0.400. The number of hydrogen-bond donors (Lipinski definition) is 0. The van der Waals surface area contributed by atoms with Gasteiger partial charge < -0.3 is 0 Å². The van der Waals surface area contributed by atoms with Crippen molar-refractivity contribution in [2.75, 3.05) is 0 Å². The van der Waals surface area contributed by atoms with E-state index in [2.05, 4.69) is 11.8 Å². The highest BCUT2D eigenvalue weighted by Crippen LogP contribution is 2.15. The second kappa shape index (κ2) is 1.60. The molecule has 0 unspecified atom stereocenters. The van der Waals surface area contributed by atoms with Gasteiger partial charge in [0.2, 0.25) is 0 Å². The minimum Gasteiger partial charge on any atom is -0.115 e. The molecule has 36 valence electrons. The Hall–Kier alpha value is -1.40. The molecule has 8 heavy (non-hydrogen) atoms. The summed E-state index contributed by atoms with van der Waals surface area (Å²) in [4.78, 5) is 0. The number of allylic oxidation sites excluding steroid dienone is 4. The fraction of sp³-hybridized carbons (Fsp3) is 0. The largest absolute Gasteiger partial charge is 0.115 e. The zero-order valence-electron chi connectivity index (χ0n) is 4.31. The highest BCUT2D eigenvalue weighted by molar-refractivity contribution is 5.61. The van der Waals surface area contributed by atoms with E-state index in [9.17, 15) is 0 Å². The average Bonchev–Trinajstić information content (AvgIpc) is 1.66. The van der Waals surface area contributed by atoms with E-state index >= 15 is 0 Å². The lowest BCUT2D eigenvalue weighted by molar-refractivity contribution is 1.55. The summed E-state index contributed by atoms with van der Waals surface area (Å²) in [5.41, 5.74) is 1.68. The normalized spacial score (nSPS) is 14.2. The van der Waals surface area contributed by atoms with Crippen molar-refractivity contribution in [2.24, 2.45) is 0 Å². The summed E-state index contributed by atoms with van der Waals surface area (Å²) in [6.45, 7) is 0. The molecule has 0 bridgehead atoms. The van der Waals surface area contributed by atoms with Crippen LogP contribution in [0.3, 0.4) is 0 Å². The lowest BCUT2D eigenvalue weighted by Gasteiger charge is -2.02. The molecule has 0 atom stereocenters. The summed E-state index contributed by atoms with van der Waals surface area (Å²) in [6, 6.07) is 0. The predicted molar refractivity (Wildman–Crippen MR) is 33.8 cm³/mol. The Labute approximate surface area is 48.9 Å². The van der Waals surface area contributed by atoms with Gasteiger partial charge in [0.25, 0.3) is 0 Å². The molecule has 1 aliphatic rings. The molecule has 0 nitrogen and oxygen atoms in total. The van der Waals surface area contributed by atoms with E-state index in [0.29, 0.717) is 0 Å². The SMILES string of the molecule is C#CC1=C(C#C)C=C1. The van der Waals surface area contributed by atoms with Gasteiger partial charge in [-0.1, -0.05) is 11.8 Å². The Kier molecular flexibility index (Phi) is 0.952. The summed E-state index contributed by atoms with van der Waals surface area (Å²) in [5, 5.41) is 0. The van der Waals surface area contributed by atoms with E-state index in [1.54, 1.807) is 0 Å². The first-order chi connectivity index (χ1) is 3.88. The monoisotopic (exact) mass is 100 g/mol. The van der Waals surface area contributed by atoms with Gasteiger partial charge >= 0.3 is 0 Å². The van der Waals surface area contributed by atoms with E-state index in [1.165, 1.54) is 0 Å². The zero-order valence-corrected chi connectivity index (χ0v) is 4.31. The molecule has 0 heterocycles. The van der Waals surface area contributed by atoms with E-state index < -0.39 is 0 Å². The van der Waals surface area contributed by atoms with Crippen LogP contribution in [0.2, 0.25) is 0 Å². The van der Waals surface area contributed by atoms with Crippen molar-refractivity contribution in [1.29, 1.82) is 0 Å². The van der Waals surface area contributed by atoms with Crippen molar-refractivity contribution in [3.8, 4) is 24.7 Å². The number of rotatable bonds is 0. The highest BCUT2D eigenvalue weighted by Gasteiger charge is 2.01. The van der Waals surface area contributed by atoms with Crippen molar-refractivity contribution < 1.29 is 0 Å². The third-order valence-electron chi connectivity index (χ3n) is 1.02. The second-order valence-corrected chi connectivity index (χ2v) is 1.45. The molecular formula is C8H4. The first-order valence-electron chi connectivity index (χ1n) is 2.24. The summed E-state index contributed by atoms with van der Waals surface area (Å²) >= 11 is 0. The molecule has 0 aliphatic heterocycles. The minimum atomic E-state index is 0.840. The van der Waals surface area contributed by atoms with Crippen LogP contribution in [0.5, 0.6) is 0 Å². The van der Waals surface area contributed by atoms with Gasteiger partial charge in [-0.25, -0.2) is 0 Å². The topological polar surface area (TPSA) is 0 Å². The Bertz CT molecular complexity index is 212. The average molecular weight is 100 g/mol. The Balaban J connectivity index is 2.89. The second-order valence-electron chi connectivity index (χ2n) is 1.45. The molecule has 0 fully saturated rings. The Morgan fingerprint density at radius 2 is 1.38 bits per heavy atom. The van der Waals surface area contributed by atoms with Crippen molar-refractivity contribution in [2.45, 2.75) is 0 Å². The van der Waals surface area contributed by atoms with Crippen molar-refractivity contribution in [1.82, 2.24) is 0 Å². The van der Waals surface area contributed by atoms with E-state index in [1.807, 2.05) is 12.2 Å². The maximum atomic E-state index is 5.05. The van der Waals surface area contributed by atoms with Gasteiger partial charge in [0.1, 0.15) is 0 Å². The van der Waals surface area contributed by atoms with E-state index in [0.717, 1.165) is 11.1 Å². The van der Waals surface area contributed by atoms with Gasteiger partial charge in [-0.15, -0.1) is 12.8 Å². The maximum absolute atomic E-state index is 5.05. The molecule has 1 rings (SSSR count). The van der Waals surface area contributed by atoms with Gasteiger partial charge in [-0.3, -0.25) is 0 Å². The molecule has 0 heteroatoms. The minimum absolute atomic E-state index is 0.840. The van der Waals surface area contributed by atoms with Crippen molar-refractivity contribution >= 4 is 0 Å². The molecule has 0 aromatic heterocycles. The lowest BCUT2D eigenvalue weighted by Crippen LogP contribution is -1.88. The van der Waals surface area contributed by atoms with Crippen LogP contribution in [0.15, 0.2) is 23.3 Å². The van der Waals surface area contributed by atoms with Gasteiger partial charge in [0, 0.05) is 11.1 Å².